The Balaban J connectivity index is 2.56. The van der Waals surface area contributed by atoms with Crippen LogP contribution < -0.4 is 0 Å². The highest BCUT2D eigenvalue weighted by Gasteiger charge is 2.16. The Morgan fingerprint density at radius 1 is 1.33 bits per heavy atom. The van der Waals surface area contributed by atoms with Gasteiger partial charge in [-0.25, -0.2) is 4.79 Å². The van der Waals surface area contributed by atoms with Crippen molar-refractivity contribution >= 4 is 22.7 Å². The van der Waals surface area contributed by atoms with Crippen molar-refractivity contribution in [3.8, 4) is 0 Å². The lowest BCUT2D eigenvalue weighted by Crippen LogP contribution is -2.00. The van der Waals surface area contributed by atoms with Crippen molar-refractivity contribution < 1.29 is 19.1 Å². The maximum atomic E-state index is 11.9. The minimum Gasteiger partial charge on any atom is -0.475 e. The molecule has 2 aromatic rings. The van der Waals surface area contributed by atoms with Crippen molar-refractivity contribution in [2.75, 3.05) is 0 Å². The molecule has 4 nitrogen and oxygen atoms in total. The first-order chi connectivity index (χ1) is 8.54. The van der Waals surface area contributed by atoms with Gasteiger partial charge in [-0.1, -0.05) is 6.92 Å². The third-order valence-corrected chi connectivity index (χ3v) is 2.96. The van der Waals surface area contributed by atoms with Crippen molar-refractivity contribution in [3.05, 3.63) is 35.1 Å². The summed E-state index contributed by atoms with van der Waals surface area (Å²) in [6.45, 7) is 3.76. The number of furan rings is 1. The second-order valence-electron chi connectivity index (χ2n) is 4.24. The fraction of sp³-hybridized carbons (Fsp3) is 0.286. The third-order valence-electron chi connectivity index (χ3n) is 2.96. The van der Waals surface area contributed by atoms with Crippen molar-refractivity contribution in [2.45, 2.75) is 26.7 Å². The van der Waals surface area contributed by atoms with Crippen LogP contribution in [0.5, 0.6) is 0 Å². The summed E-state index contributed by atoms with van der Waals surface area (Å²) in [6.07, 6.45) is 1.29. The van der Waals surface area contributed by atoms with Crippen LogP contribution in [-0.4, -0.2) is 16.9 Å². The average molecular weight is 246 g/mol. The third kappa shape index (κ3) is 2.01. The molecule has 0 saturated heterocycles. The van der Waals surface area contributed by atoms with Gasteiger partial charge in [-0.2, -0.15) is 0 Å². The average Bonchev–Trinajstić information content (AvgIpc) is 2.74. The molecule has 0 spiro atoms. The van der Waals surface area contributed by atoms with Crippen LogP contribution in [0.15, 0.2) is 22.6 Å². The number of benzene rings is 1. The summed E-state index contributed by atoms with van der Waals surface area (Å²) >= 11 is 0. The van der Waals surface area contributed by atoms with Crippen molar-refractivity contribution in [1.82, 2.24) is 0 Å². The summed E-state index contributed by atoms with van der Waals surface area (Å²) in [5.74, 6) is -1.13. The van der Waals surface area contributed by atoms with E-state index in [4.69, 9.17) is 9.52 Å². The van der Waals surface area contributed by atoms with E-state index in [2.05, 4.69) is 0 Å². The van der Waals surface area contributed by atoms with Crippen LogP contribution in [0.25, 0.3) is 11.0 Å². The first-order valence-corrected chi connectivity index (χ1v) is 5.84. The summed E-state index contributed by atoms with van der Waals surface area (Å²) in [7, 11) is 0. The number of carboxylic acids is 1. The summed E-state index contributed by atoms with van der Waals surface area (Å²) in [4.78, 5) is 22.7. The van der Waals surface area contributed by atoms with Gasteiger partial charge in [0.05, 0.1) is 0 Å². The number of carboxylic acid groups (broad SMARTS) is 1. The number of aromatic carboxylic acids is 1. The van der Waals surface area contributed by atoms with Gasteiger partial charge >= 0.3 is 5.97 Å². The normalized spacial score (nSPS) is 10.8. The number of carbonyl (C=O) groups is 2. The molecule has 0 amide bonds. The number of ketones is 1. The minimum atomic E-state index is -1.10. The Bertz CT molecular complexity index is 622. The highest BCUT2D eigenvalue weighted by Crippen LogP contribution is 2.26. The molecule has 0 radical (unpaired) electrons. The van der Waals surface area contributed by atoms with Crippen molar-refractivity contribution in [2.24, 2.45) is 0 Å². The zero-order chi connectivity index (χ0) is 13.3. The predicted molar refractivity (Wildman–Crippen MR) is 67.1 cm³/mol. The van der Waals surface area contributed by atoms with E-state index in [-0.39, 0.29) is 11.5 Å². The Morgan fingerprint density at radius 3 is 2.67 bits per heavy atom. The van der Waals surface area contributed by atoms with Gasteiger partial charge in [0.2, 0.25) is 5.76 Å². The molecule has 0 atom stereocenters. The van der Waals surface area contributed by atoms with E-state index in [9.17, 15) is 9.59 Å². The minimum absolute atomic E-state index is 0.0787. The largest absolute Gasteiger partial charge is 0.475 e. The molecule has 94 valence electrons. The Morgan fingerprint density at radius 2 is 2.06 bits per heavy atom. The second kappa shape index (κ2) is 4.64. The van der Waals surface area contributed by atoms with E-state index < -0.39 is 5.97 Å². The summed E-state index contributed by atoms with van der Waals surface area (Å²) in [6, 6.07) is 4.82. The summed E-state index contributed by atoms with van der Waals surface area (Å²) in [5, 5.41) is 9.57. The zero-order valence-corrected chi connectivity index (χ0v) is 10.3. The van der Waals surface area contributed by atoms with Gasteiger partial charge in [0.15, 0.2) is 5.78 Å². The van der Waals surface area contributed by atoms with E-state index in [0.717, 1.165) is 12.0 Å². The van der Waals surface area contributed by atoms with Crippen LogP contribution in [0.1, 0.15) is 46.2 Å². The van der Waals surface area contributed by atoms with Gasteiger partial charge in [-0.3, -0.25) is 4.79 Å². The first kappa shape index (κ1) is 12.4. The molecule has 1 aromatic heterocycles. The van der Waals surface area contributed by atoms with Crippen LogP contribution in [0, 0.1) is 6.92 Å². The fourth-order valence-corrected chi connectivity index (χ4v) is 2.02. The fourth-order valence-electron chi connectivity index (χ4n) is 2.02. The molecule has 4 heteroatoms. The standard InChI is InChI=1S/C14H14O4/c1-3-4-11(15)9-5-6-12-10(8(9)2)7-13(18-12)14(16)17/h5-7H,3-4H2,1-2H3,(H,16,17). The van der Waals surface area contributed by atoms with Gasteiger partial charge in [-0.15, -0.1) is 0 Å². The lowest BCUT2D eigenvalue weighted by Gasteiger charge is -2.04. The molecule has 0 bridgehead atoms. The molecule has 0 aliphatic heterocycles. The maximum Gasteiger partial charge on any atom is 0.371 e. The van der Waals surface area contributed by atoms with Crippen molar-refractivity contribution in [1.29, 1.82) is 0 Å². The molecular formula is C14H14O4. The molecule has 2 rings (SSSR count). The molecule has 0 aliphatic rings. The maximum absolute atomic E-state index is 11.9. The number of aryl methyl sites for hydroxylation is 1. The molecule has 18 heavy (non-hydrogen) atoms. The van der Waals surface area contributed by atoms with Gasteiger partial charge in [0.25, 0.3) is 0 Å². The molecule has 1 N–H and O–H groups in total. The molecule has 0 aliphatic carbocycles. The number of carbonyl (C=O) groups excluding carboxylic acids is 1. The number of Topliss-reactive ketones (excluding diaryl/α,β-unsaturated/α-hetero) is 1. The molecular weight excluding hydrogens is 232 g/mol. The highest BCUT2D eigenvalue weighted by molar-refractivity contribution is 6.02. The quantitative estimate of drug-likeness (QED) is 0.839. The van der Waals surface area contributed by atoms with Crippen LogP contribution >= 0.6 is 0 Å². The number of hydrogen-bond acceptors (Lipinski definition) is 3. The van der Waals surface area contributed by atoms with Gasteiger partial charge in [-0.05, 0) is 37.1 Å². The molecule has 1 aromatic carbocycles. The van der Waals surface area contributed by atoms with E-state index in [1.807, 2.05) is 13.8 Å². The smallest absolute Gasteiger partial charge is 0.371 e. The lowest BCUT2D eigenvalue weighted by atomic mass is 9.99. The Labute approximate surface area is 104 Å². The van der Waals surface area contributed by atoms with Crippen LogP contribution in [0.4, 0.5) is 0 Å². The highest BCUT2D eigenvalue weighted by atomic mass is 16.4. The van der Waals surface area contributed by atoms with Gasteiger partial charge in [0, 0.05) is 17.4 Å². The Hall–Kier alpha value is -2.10. The van der Waals surface area contributed by atoms with E-state index in [1.54, 1.807) is 12.1 Å². The van der Waals surface area contributed by atoms with Crippen LogP contribution in [0.2, 0.25) is 0 Å². The second-order valence-corrected chi connectivity index (χ2v) is 4.24. The van der Waals surface area contributed by atoms with E-state index in [1.165, 1.54) is 6.07 Å². The van der Waals surface area contributed by atoms with Gasteiger partial charge < -0.3 is 9.52 Å². The first-order valence-electron chi connectivity index (χ1n) is 5.84. The number of rotatable bonds is 4. The van der Waals surface area contributed by atoms with E-state index in [0.29, 0.717) is 23.0 Å². The monoisotopic (exact) mass is 246 g/mol. The molecule has 0 fully saturated rings. The van der Waals surface area contributed by atoms with Crippen LogP contribution in [-0.2, 0) is 0 Å². The summed E-state index contributed by atoms with van der Waals surface area (Å²) in [5.41, 5.74) is 1.92. The predicted octanol–water partition coefficient (Wildman–Crippen LogP) is 3.42. The number of fused-ring (bicyclic) bond motifs is 1. The SMILES string of the molecule is CCCC(=O)c1ccc2oc(C(=O)O)cc2c1C. The number of hydrogen-bond donors (Lipinski definition) is 1. The lowest BCUT2D eigenvalue weighted by molar-refractivity contribution is 0.0664. The summed E-state index contributed by atoms with van der Waals surface area (Å²) < 4.78 is 5.19. The van der Waals surface area contributed by atoms with E-state index >= 15 is 0 Å². The topological polar surface area (TPSA) is 67.5 Å². The van der Waals surface area contributed by atoms with Crippen molar-refractivity contribution in [3.63, 3.8) is 0 Å². The molecule has 1 heterocycles. The zero-order valence-electron chi connectivity index (χ0n) is 10.3. The van der Waals surface area contributed by atoms with Crippen LogP contribution in [0.3, 0.4) is 0 Å². The van der Waals surface area contributed by atoms with Gasteiger partial charge in [0.1, 0.15) is 5.58 Å². The molecule has 0 unspecified atom stereocenters. The molecule has 0 saturated carbocycles. The Kier molecular flexibility index (Phi) is 3.19.